The average Bonchev–Trinajstić information content (AvgIpc) is 2.20. The minimum atomic E-state index is -0.586. The van der Waals surface area contributed by atoms with E-state index in [1.807, 2.05) is 0 Å². The standard InChI is InChI=1S/C4H8ClN3O2/c5-2-1-3-4(9)6-7-8(3)10/h3,7-8H,1-2H2,(H,6,9). The largest absolute Gasteiger partial charge is 0.611 e. The van der Waals surface area contributed by atoms with E-state index in [-0.39, 0.29) is 11.1 Å². The van der Waals surface area contributed by atoms with Crippen molar-refractivity contribution in [3.05, 3.63) is 5.21 Å². The third-order valence-electron chi connectivity index (χ3n) is 1.34. The van der Waals surface area contributed by atoms with E-state index < -0.39 is 6.04 Å². The van der Waals surface area contributed by atoms with Crippen molar-refractivity contribution in [1.82, 2.24) is 11.0 Å². The third-order valence-corrected chi connectivity index (χ3v) is 1.56. The third kappa shape index (κ3) is 1.38. The summed E-state index contributed by atoms with van der Waals surface area (Å²) < 4.78 is 0. The molecule has 1 fully saturated rings. The zero-order chi connectivity index (χ0) is 7.56. The molecule has 0 aliphatic carbocycles. The number of amides is 1. The Bertz CT molecular complexity index is 142. The molecule has 2 unspecified atom stereocenters. The van der Waals surface area contributed by atoms with Crippen LogP contribution in [-0.4, -0.2) is 17.8 Å². The zero-order valence-electron chi connectivity index (χ0n) is 5.19. The molecular formula is C4H8ClN3O2. The van der Waals surface area contributed by atoms with E-state index in [1.165, 1.54) is 0 Å². The Kier molecular flexibility index (Phi) is 2.44. The summed E-state index contributed by atoms with van der Waals surface area (Å²) in [6.07, 6.45) is 0.402. The van der Waals surface area contributed by atoms with Crippen molar-refractivity contribution in [2.45, 2.75) is 12.5 Å². The summed E-state index contributed by atoms with van der Waals surface area (Å²) in [5.41, 5.74) is 4.41. The molecule has 58 valence electrons. The Labute approximate surface area is 62.8 Å². The summed E-state index contributed by atoms with van der Waals surface area (Å²) in [7, 11) is 0. The molecule has 10 heavy (non-hydrogen) atoms. The van der Waals surface area contributed by atoms with E-state index in [9.17, 15) is 10.0 Å². The second kappa shape index (κ2) is 3.16. The van der Waals surface area contributed by atoms with Crippen molar-refractivity contribution in [3.63, 3.8) is 0 Å². The van der Waals surface area contributed by atoms with Gasteiger partial charge in [0.15, 0.2) is 6.04 Å². The quantitative estimate of drug-likeness (QED) is 0.325. The van der Waals surface area contributed by atoms with Gasteiger partial charge in [0, 0.05) is 12.3 Å². The van der Waals surface area contributed by atoms with Gasteiger partial charge in [-0.2, -0.15) is 0 Å². The number of rotatable bonds is 2. The number of hydrogen-bond donors (Lipinski definition) is 3. The Morgan fingerprint density at radius 1 is 1.80 bits per heavy atom. The van der Waals surface area contributed by atoms with Gasteiger partial charge in [-0.15, -0.1) is 11.6 Å². The molecule has 0 aromatic carbocycles. The molecule has 0 aromatic rings. The molecule has 1 saturated heterocycles. The van der Waals surface area contributed by atoms with Gasteiger partial charge in [-0.25, -0.2) is 5.43 Å². The van der Waals surface area contributed by atoms with Crippen LogP contribution in [0.5, 0.6) is 0 Å². The highest BCUT2D eigenvalue weighted by Gasteiger charge is 2.30. The van der Waals surface area contributed by atoms with E-state index in [2.05, 4.69) is 11.0 Å². The van der Waals surface area contributed by atoms with E-state index in [4.69, 9.17) is 11.6 Å². The Hall–Kier alpha value is -0.360. The minimum absolute atomic E-state index is 0.286. The SMILES string of the molecule is O=C1NN[NH+]([O-])C1CCCl. The summed E-state index contributed by atoms with van der Waals surface area (Å²) in [5.74, 6) is 0.0385. The molecule has 5 nitrogen and oxygen atoms in total. The molecule has 0 aromatic heterocycles. The molecule has 0 bridgehead atoms. The van der Waals surface area contributed by atoms with Crippen molar-refractivity contribution in [3.8, 4) is 0 Å². The van der Waals surface area contributed by atoms with Gasteiger partial charge in [0.2, 0.25) is 0 Å². The van der Waals surface area contributed by atoms with Gasteiger partial charge >= 0.3 is 0 Å². The van der Waals surface area contributed by atoms with Crippen molar-refractivity contribution < 1.29 is 9.97 Å². The number of quaternary nitrogens is 1. The molecule has 0 radical (unpaired) electrons. The van der Waals surface area contributed by atoms with Gasteiger partial charge in [-0.05, 0) is 0 Å². The maximum Gasteiger partial charge on any atom is 0.298 e. The molecule has 6 heteroatoms. The first-order chi connectivity index (χ1) is 4.75. The monoisotopic (exact) mass is 165 g/mol. The number of carbonyl (C=O) groups excluding carboxylic acids is 1. The lowest BCUT2D eigenvalue weighted by atomic mass is 10.2. The van der Waals surface area contributed by atoms with Gasteiger partial charge in [-0.3, -0.25) is 9.97 Å². The first-order valence-corrected chi connectivity index (χ1v) is 3.45. The summed E-state index contributed by atoms with van der Waals surface area (Å²) >= 11 is 5.35. The van der Waals surface area contributed by atoms with Gasteiger partial charge in [-0.1, -0.05) is 5.53 Å². The molecule has 0 spiro atoms. The normalized spacial score (nSPS) is 32.4. The van der Waals surface area contributed by atoms with Crippen LogP contribution in [0.3, 0.4) is 0 Å². The van der Waals surface area contributed by atoms with Gasteiger partial charge in [0.05, 0.1) is 0 Å². The molecular weight excluding hydrogens is 158 g/mol. The Balaban J connectivity index is 2.46. The fourth-order valence-corrected chi connectivity index (χ4v) is 1.01. The Morgan fingerprint density at radius 3 is 2.90 bits per heavy atom. The predicted octanol–water partition coefficient (Wildman–Crippen LogP) is -2.08. The summed E-state index contributed by atoms with van der Waals surface area (Å²) in [5, 5.41) is 10.4. The van der Waals surface area contributed by atoms with Crippen molar-refractivity contribution in [1.29, 1.82) is 0 Å². The second-order valence-electron chi connectivity index (χ2n) is 2.01. The summed E-state index contributed by atoms with van der Waals surface area (Å²) in [4.78, 5) is 10.7. The van der Waals surface area contributed by atoms with Crippen LogP contribution in [0.1, 0.15) is 6.42 Å². The lowest BCUT2D eigenvalue weighted by Gasteiger charge is -2.17. The van der Waals surface area contributed by atoms with Crippen molar-refractivity contribution >= 4 is 17.5 Å². The number of nitrogens with one attached hydrogen (secondary N) is 3. The number of hydroxylamine groups is 1. The van der Waals surface area contributed by atoms with Crippen LogP contribution in [0.15, 0.2) is 0 Å². The van der Waals surface area contributed by atoms with E-state index in [0.717, 1.165) is 0 Å². The van der Waals surface area contributed by atoms with E-state index >= 15 is 0 Å². The molecule has 2 atom stereocenters. The maximum atomic E-state index is 10.7. The topological polar surface area (TPSA) is 68.6 Å². The highest BCUT2D eigenvalue weighted by molar-refractivity contribution is 6.18. The Morgan fingerprint density at radius 2 is 2.50 bits per heavy atom. The van der Waals surface area contributed by atoms with Gasteiger partial charge in [0.25, 0.3) is 5.91 Å². The molecule has 0 saturated carbocycles. The number of carbonyl (C=O) groups is 1. The van der Waals surface area contributed by atoms with Crippen molar-refractivity contribution in [2.24, 2.45) is 0 Å². The van der Waals surface area contributed by atoms with Crippen LogP contribution >= 0.6 is 11.6 Å². The van der Waals surface area contributed by atoms with Crippen molar-refractivity contribution in [2.75, 3.05) is 5.88 Å². The van der Waals surface area contributed by atoms with Crippen LogP contribution in [-0.2, 0) is 4.79 Å². The number of halogens is 1. The van der Waals surface area contributed by atoms with Crippen LogP contribution in [0.4, 0.5) is 0 Å². The first-order valence-electron chi connectivity index (χ1n) is 2.91. The van der Waals surface area contributed by atoms with Gasteiger partial charge < -0.3 is 5.21 Å². The van der Waals surface area contributed by atoms with Crippen LogP contribution < -0.4 is 16.1 Å². The number of alkyl halides is 1. The number of hydrogen-bond acceptors (Lipinski definition) is 3. The second-order valence-corrected chi connectivity index (χ2v) is 2.39. The molecule has 1 rings (SSSR count). The zero-order valence-corrected chi connectivity index (χ0v) is 5.94. The van der Waals surface area contributed by atoms with Crippen LogP contribution in [0.2, 0.25) is 0 Å². The van der Waals surface area contributed by atoms with E-state index in [0.29, 0.717) is 12.3 Å². The van der Waals surface area contributed by atoms with Crippen LogP contribution in [0.25, 0.3) is 0 Å². The summed E-state index contributed by atoms with van der Waals surface area (Å²) in [6, 6.07) is -0.586. The highest BCUT2D eigenvalue weighted by atomic mass is 35.5. The molecule has 1 amide bonds. The lowest BCUT2D eigenvalue weighted by Crippen LogP contribution is -3.16. The molecule has 3 N–H and O–H groups in total. The fraction of sp³-hybridized carbons (Fsp3) is 0.750. The van der Waals surface area contributed by atoms with Gasteiger partial charge in [0.1, 0.15) is 0 Å². The highest BCUT2D eigenvalue weighted by Crippen LogP contribution is 1.91. The summed E-state index contributed by atoms with van der Waals surface area (Å²) in [6.45, 7) is 0. The molecule has 1 aliphatic rings. The molecule has 1 aliphatic heterocycles. The fourth-order valence-electron chi connectivity index (χ4n) is 0.788. The predicted molar refractivity (Wildman–Crippen MR) is 34.7 cm³/mol. The number of hydrazine groups is 1. The first kappa shape index (κ1) is 7.74. The minimum Gasteiger partial charge on any atom is -0.611 e. The van der Waals surface area contributed by atoms with Crippen LogP contribution in [0, 0.1) is 5.21 Å². The average molecular weight is 166 g/mol. The smallest absolute Gasteiger partial charge is 0.298 e. The molecule has 1 heterocycles. The van der Waals surface area contributed by atoms with E-state index in [1.54, 1.807) is 0 Å². The lowest BCUT2D eigenvalue weighted by molar-refractivity contribution is -0.905. The maximum absolute atomic E-state index is 10.7.